The Morgan fingerprint density at radius 3 is 2.70 bits per heavy atom. The van der Waals surface area contributed by atoms with Gasteiger partial charge in [-0.2, -0.15) is 0 Å². The zero-order valence-electron chi connectivity index (χ0n) is 25.2. The number of hydrogen-bond acceptors (Lipinski definition) is 7. The minimum atomic E-state index is -0.0261. The van der Waals surface area contributed by atoms with Crippen molar-refractivity contribution in [2.24, 2.45) is 12.5 Å². The van der Waals surface area contributed by atoms with Gasteiger partial charge in [0.1, 0.15) is 19.4 Å². The van der Waals surface area contributed by atoms with Crippen molar-refractivity contribution < 1.29 is 1.41 Å². The minimum Gasteiger partial charge on any atom is -0.351 e. The molecule has 8 nitrogen and oxygen atoms in total. The maximum absolute atomic E-state index is 8.54. The fraction of sp³-hybridized carbons (Fsp3) is 0.375. The van der Waals surface area contributed by atoms with Gasteiger partial charge in [-0.05, 0) is 72.7 Å². The third-order valence-electron chi connectivity index (χ3n) is 8.09. The first-order valence-electron chi connectivity index (χ1n) is 14.4. The second-order valence-electron chi connectivity index (χ2n) is 12.1. The number of imidazole rings is 1. The van der Waals surface area contributed by atoms with Gasteiger partial charge in [0.2, 0.25) is 0 Å². The molecule has 5 aromatic rings. The fourth-order valence-corrected chi connectivity index (χ4v) is 5.98. The molecule has 0 amide bonds. The van der Waals surface area contributed by atoms with Crippen LogP contribution in [0.4, 0.5) is 17.3 Å². The van der Waals surface area contributed by atoms with E-state index in [1.54, 1.807) is 11.6 Å². The Kier molecular flexibility index (Phi) is 6.35. The van der Waals surface area contributed by atoms with Gasteiger partial charge in [0, 0.05) is 43.3 Å². The lowest BCUT2D eigenvalue weighted by atomic mass is 9.81. The van der Waals surface area contributed by atoms with Gasteiger partial charge in [0.15, 0.2) is 0 Å². The Morgan fingerprint density at radius 1 is 1.05 bits per heavy atom. The lowest BCUT2D eigenvalue weighted by Crippen LogP contribution is -2.61. The predicted octanol–water partition coefficient (Wildman–Crippen LogP) is 5.77. The van der Waals surface area contributed by atoms with Gasteiger partial charge in [-0.15, -0.1) is 0 Å². The zero-order chi connectivity index (χ0) is 28.9. The number of piperazine rings is 1. The molecule has 0 radical (unpaired) electrons. The Bertz CT molecular complexity index is 1720. The average molecular weight is 536 g/mol. The first-order valence-corrected chi connectivity index (χ1v) is 14.0. The number of aryl methyl sites for hydroxylation is 2. The predicted molar refractivity (Wildman–Crippen MR) is 163 cm³/mol. The monoisotopic (exact) mass is 535 g/mol. The molecule has 2 atom stereocenters. The maximum atomic E-state index is 8.54. The number of rotatable bonds is 5. The van der Waals surface area contributed by atoms with Crippen LogP contribution in [-0.4, -0.2) is 49.7 Å². The number of anilines is 3. The Labute approximate surface area is 237 Å². The molecule has 40 heavy (non-hydrogen) atoms. The molecule has 4 heterocycles. The molecular weight excluding hydrogens is 496 g/mol. The quantitative estimate of drug-likeness (QED) is 0.296. The van der Waals surface area contributed by atoms with Crippen molar-refractivity contribution in [1.29, 1.82) is 0 Å². The molecule has 0 bridgehead atoms. The highest BCUT2D eigenvalue weighted by Crippen LogP contribution is 2.32. The van der Waals surface area contributed by atoms with Crippen LogP contribution in [0.15, 0.2) is 61.3 Å². The van der Waals surface area contributed by atoms with Crippen LogP contribution in [0.2, 0.25) is 1.41 Å². The number of nitrogens with zero attached hydrogens (tertiary/aromatic N) is 6. The van der Waals surface area contributed by atoms with E-state index in [1.165, 1.54) is 16.7 Å². The standard InChI is InChI=1S/C32H38N8/c1-20-13-24(9-8-23(20)14-22-7-10-28-26(15-22)37-19-39(28)6)38-31-25-16-29(34-17-27(25)35-18-36-31)40-12-11-33-30(21(40)2)32(3,4)5/h7-10,13,15-19,21,30,33H,11-12,14H2,1-6H3,(H,35,36,38)/t21-,30?/m0/s1/i/hD. The first-order chi connectivity index (χ1) is 19.6. The second kappa shape index (κ2) is 10.2. The number of nitrogens with one attached hydrogen (secondary N) is 2. The summed E-state index contributed by atoms with van der Waals surface area (Å²) in [4.78, 5) is 20.7. The molecule has 206 valence electrons. The smallest absolute Gasteiger partial charge is 0.141 e. The van der Waals surface area contributed by atoms with Crippen LogP contribution >= 0.6 is 0 Å². The Morgan fingerprint density at radius 2 is 1.90 bits per heavy atom. The summed E-state index contributed by atoms with van der Waals surface area (Å²) in [6, 6.07) is 15.3. The van der Waals surface area contributed by atoms with E-state index in [2.05, 4.69) is 102 Å². The summed E-state index contributed by atoms with van der Waals surface area (Å²) < 4.78 is 10.6. The van der Waals surface area contributed by atoms with Crippen LogP contribution < -0.4 is 15.5 Å². The summed E-state index contributed by atoms with van der Waals surface area (Å²) in [7, 11) is 2.02. The molecule has 1 aliphatic rings. The summed E-state index contributed by atoms with van der Waals surface area (Å²) >= 11 is 0. The van der Waals surface area contributed by atoms with Crippen LogP contribution in [0, 0.1) is 12.3 Å². The largest absolute Gasteiger partial charge is 0.351 e. The van der Waals surface area contributed by atoms with E-state index >= 15 is 0 Å². The summed E-state index contributed by atoms with van der Waals surface area (Å²) in [6.45, 7) is 12.4. The van der Waals surface area contributed by atoms with E-state index in [-0.39, 0.29) is 17.5 Å². The van der Waals surface area contributed by atoms with Gasteiger partial charge in [-0.3, -0.25) is 0 Å². The molecule has 1 aliphatic heterocycles. The van der Waals surface area contributed by atoms with Crippen LogP contribution in [0.1, 0.15) is 44.4 Å². The van der Waals surface area contributed by atoms with E-state index in [0.717, 1.165) is 52.2 Å². The molecule has 6 rings (SSSR count). The third kappa shape index (κ3) is 4.99. The van der Waals surface area contributed by atoms with Crippen molar-refractivity contribution in [3.63, 3.8) is 0 Å². The minimum absolute atomic E-state index is 0.0261. The summed E-state index contributed by atoms with van der Waals surface area (Å²) in [5, 5.41) is 6.20. The molecule has 0 aliphatic carbocycles. The second-order valence-corrected chi connectivity index (χ2v) is 12.1. The summed E-state index contributed by atoms with van der Waals surface area (Å²) in [5.74, 6) is 1.65. The van der Waals surface area contributed by atoms with Crippen LogP contribution in [-0.2, 0) is 13.5 Å². The molecular formula is C32H38N8. The molecule has 0 spiro atoms. The highest BCUT2D eigenvalue weighted by molar-refractivity contribution is 5.92. The van der Waals surface area contributed by atoms with E-state index in [9.17, 15) is 0 Å². The highest BCUT2D eigenvalue weighted by atomic mass is 15.3. The number of benzene rings is 2. The summed E-state index contributed by atoms with van der Waals surface area (Å²) in [6.07, 6.45) is 6.12. The molecule has 0 saturated carbocycles. The third-order valence-corrected chi connectivity index (χ3v) is 8.09. The van der Waals surface area contributed by atoms with Crippen LogP contribution in [0.5, 0.6) is 0 Å². The molecule has 2 N–H and O–H groups in total. The van der Waals surface area contributed by atoms with Crippen molar-refractivity contribution in [2.75, 3.05) is 23.3 Å². The number of pyridine rings is 1. The van der Waals surface area contributed by atoms with Gasteiger partial charge >= 0.3 is 0 Å². The van der Waals surface area contributed by atoms with Gasteiger partial charge in [0.05, 0.1) is 29.1 Å². The molecule has 3 aromatic heterocycles. The van der Waals surface area contributed by atoms with Crippen molar-refractivity contribution >= 4 is 39.3 Å². The SMILES string of the molecule is [2H]N1CCN(c2cc3c(Nc4ccc(Cc5ccc6c(c5)ncn6C)c(C)c4)ncnc3cn2)[C@@H](C)C1C(C)(C)C. The molecule has 1 saturated heterocycles. The number of hydrogen-bond donors (Lipinski definition) is 2. The van der Waals surface area contributed by atoms with Gasteiger partial charge < -0.3 is 20.1 Å². The van der Waals surface area contributed by atoms with E-state index in [4.69, 9.17) is 6.40 Å². The maximum Gasteiger partial charge on any atom is 0.141 e. The van der Waals surface area contributed by atoms with Crippen molar-refractivity contribution in [2.45, 2.75) is 53.1 Å². The van der Waals surface area contributed by atoms with E-state index in [1.807, 2.05) is 24.1 Å². The van der Waals surface area contributed by atoms with Crippen molar-refractivity contribution in [3.05, 3.63) is 78.0 Å². The van der Waals surface area contributed by atoms with Crippen molar-refractivity contribution in [1.82, 2.24) is 29.8 Å². The highest BCUT2D eigenvalue weighted by Gasteiger charge is 2.36. The van der Waals surface area contributed by atoms with Gasteiger partial charge in [-0.1, -0.05) is 32.9 Å². The van der Waals surface area contributed by atoms with E-state index < -0.39 is 0 Å². The lowest BCUT2D eigenvalue weighted by Gasteiger charge is -2.46. The molecule has 1 unspecified atom stereocenters. The first kappa shape index (κ1) is 25.0. The normalized spacial score (nSPS) is 18.9. The number of fused-ring (bicyclic) bond motifs is 2. The van der Waals surface area contributed by atoms with Gasteiger partial charge in [-0.25, -0.2) is 19.9 Å². The summed E-state index contributed by atoms with van der Waals surface area (Å²) in [5.41, 5.74) is 7.65. The Balaban J connectivity index is 1.25. The van der Waals surface area contributed by atoms with Crippen LogP contribution in [0.3, 0.4) is 0 Å². The molecule has 1 fully saturated rings. The van der Waals surface area contributed by atoms with E-state index in [0.29, 0.717) is 6.54 Å². The molecule has 2 aromatic carbocycles. The van der Waals surface area contributed by atoms with Gasteiger partial charge in [0.25, 0.3) is 0 Å². The molecule has 8 heteroatoms. The van der Waals surface area contributed by atoms with Crippen LogP contribution in [0.25, 0.3) is 21.9 Å². The topological polar surface area (TPSA) is 83.8 Å². The Hall–Kier alpha value is -4.04. The van der Waals surface area contributed by atoms with Crippen molar-refractivity contribution in [3.8, 4) is 0 Å². The fourth-order valence-electron chi connectivity index (χ4n) is 5.98. The number of aromatic nitrogens is 5. The zero-order valence-corrected chi connectivity index (χ0v) is 24.2. The lowest BCUT2D eigenvalue weighted by molar-refractivity contribution is 0.213. The average Bonchev–Trinajstić information content (AvgIpc) is 3.29.